The Bertz CT molecular complexity index is 776. The summed E-state index contributed by atoms with van der Waals surface area (Å²) in [4.78, 5) is 8.78. The molecular weight excluding hydrogens is 332 g/mol. The summed E-state index contributed by atoms with van der Waals surface area (Å²) in [5.41, 5.74) is 0.950. The fourth-order valence-electron chi connectivity index (χ4n) is 2.48. The van der Waals surface area contributed by atoms with Gasteiger partial charge >= 0.3 is 0 Å². The van der Waals surface area contributed by atoms with Gasteiger partial charge in [0.25, 0.3) is 10.0 Å². The van der Waals surface area contributed by atoms with E-state index in [1.165, 1.54) is 11.3 Å². The van der Waals surface area contributed by atoms with Crippen LogP contribution < -0.4 is 4.72 Å². The maximum absolute atomic E-state index is 12.4. The third kappa shape index (κ3) is 3.64. The van der Waals surface area contributed by atoms with Crippen LogP contribution in [-0.4, -0.2) is 23.0 Å². The average molecular weight is 355 g/mol. The highest BCUT2D eigenvalue weighted by Gasteiger charge is 2.23. The second-order valence-corrected chi connectivity index (χ2v) is 9.50. The first-order chi connectivity index (χ1) is 10.8. The zero-order valence-electron chi connectivity index (χ0n) is 13.7. The predicted molar refractivity (Wildman–Crippen MR) is 90.0 cm³/mol. The van der Waals surface area contributed by atoms with E-state index in [0.717, 1.165) is 42.3 Å². The van der Waals surface area contributed by atoms with Gasteiger partial charge in [0.1, 0.15) is 10.8 Å². The summed E-state index contributed by atoms with van der Waals surface area (Å²) in [5.74, 6) is 0.862. The molecule has 2 aromatic heterocycles. The molecule has 0 spiro atoms. The number of aromatic nitrogens is 3. The van der Waals surface area contributed by atoms with E-state index in [2.05, 4.69) is 35.5 Å². The number of hydrogen-bond acceptors (Lipinski definition) is 5. The van der Waals surface area contributed by atoms with Gasteiger partial charge in [-0.25, -0.2) is 23.1 Å². The van der Waals surface area contributed by atoms with E-state index in [1.54, 1.807) is 6.20 Å². The van der Waals surface area contributed by atoms with Crippen molar-refractivity contribution in [2.45, 2.75) is 63.6 Å². The molecular formula is C15H22N4O2S2. The monoisotopic (exact) mass is 354 g/mol. The Hall–Kier alpha value is -1.25. The molecule has 1 aliphatic rings. The first-order valence-corrected chi connectivity index (χ1v) is 10.1. The number of thiazole rings is 1. The van der Waals surface area contributed by atoms with Gasteiger partial charge in [-0.05, 0) is 12.8 Å². The smallest absolute Gasteiger partial charge is 0.259 e. The molecule has 3 heterocycles. The normalized spacial score (nSPS) is 15.6. The molecule has 0 bridgehead atoms. The lowest BCUT2D eigenvalue weighted by molar-refractivity contribution is 0.522. The summed E-state index contributed by atoms with van der Waals surface area (Å²) < 4.78 is 29.4. The van der Waals surface area contributed by atoms with Crippen molar-refractivity contribution in [2.24, 2.45) is 0 Å². The standard InChI is InChI=1S/C15H22N4O2S2/c1-15(2,3)11-10-22-13(17-11)8-16-23(20,21)14-9-19-7-5-4-6-12(19)18-14/h9-10,16H,4-8H2,1-3H3. The van der Waals surface area contributed by atoms with E-state index in [-0.39, 0.29) is 17.0 Å². The first kappa shape index (κ1) is 16.6. The minimum absolute atomic E-state index is 0.0312. The lowest BCUT2D eigenvalue weighted by atomic mass is 9.93. The summed E-state index contributed by atoms with van der Waals surface area (Å²) in [5, 5.41) is 2.86. The Kier molecular flexibility index (Phi) is 4.33. The van der Waals surface area contributed by atoms with Crippen molar-refractivity contribution in [3.8, 4) is 0 Å². The molecule has 0 unspecified atom stereocenters. The molecule has 0 fully saturated rings. The molecule has 6 nitrogen and oxygen atoms in total. The van der Waals surface area contributed by atoms with Crippen LogP contribution >= 0.6 is 11.3 Å². The number of hydrogen-bond donors (Lipinski definition) is 1. The molecule has 3 rings (SSSR count). The van der Waals surface area contributed by atoms with Gasteiger partial charge in [-0.3, -0.25) is 0 Å². The third-order valence-electron chi connectivity index (χ3n) is 3.90. The van der Waals surface area contributed by atoms with Gasteiger partial charge in [0.15, 0.2) is 5.03 Å². The van der Waals surface area contributed by atoms with Gasteiger partial charge in [0.2, 0.25) is 0 Å². The second-order valence-electron chi connectivity index (χ2n) is 6.85. The Morgan fingerprint density at radius 2 is 2.09 bits per heavy atom. The van der Waals surface area contributed by atoms with E-state index in [0.29, 0.717) is 0 Å². The summed E-state index contributed by atoms with van der Waals surface area (Å²) in [6.07, 6.45) is 4.62. The highest BCUT2D eigenvalue weighted by molar-refractivity contribution is 7.89. The Balaban J connectivity index is 1.71. The molecule has 8 heteroatoms. The molecule has 1 N–H and O–H groups in total. The zero-order valence-corrected chi connectivity index (χ0v) is 15.3. The fraction of sp³-hybridized carbons (Fsp3) is 0.600. The SMILES string of the molecule is CC(C)(C)c1csc(CNS(=O)(=O)c2cn3c(n2)CCCC3)n1. The van der Waals surface area contributed by atoms with Crippen LogP contribution in [-0.2, 0) is 34.9 Å². The van der Waals surface area contributed by atoms with Crippen LogP contribution in [0.25, 0.3) is 0 Å². The number of fused-ring (bicyclic) bond motifs is 1. The third-order valence-corrected chi connectivity index (χ3v) is 6.02. The molecule has 0 saturated carbocycles. The molecule has 0 atom stereocenters. The summed E-state index contributed by atoms with van der Waals surface area (Å²) in [7, 11) is -3.59. The molecule has 0 amide bonds. The Labute approximate surface area is 141 Å². The van der Waals surface area contributed by atoms with Crippen LogP contribution in [0.4, 0.5) is 0 Å². The van der Waals surface area contributed by atoms with Crippen LogP contribution in [0.2, 0.25) is 0 Å². The van der Waals surface area contributed by atoms with Crippen molar-refractivity contribution in [3.05, 3.63) is 28.1 Å². The van der Waals surface area contributed by atoms with Crippen molar-refractivity contribution in [3.63, 3.8) is 0 Å². The minimum atomic E-state index is -3.59. The van der Waals surface area contributed by atoms with Crippen molar-refractivity contribution >= 4 is 21.4 Å². The molecule has 23 heavy (non-hydrogen) atoms. The van der Waals surface area contributed by atoms with Crippen molar-refractivity contribution in [2.75, 3.05) is 0 Å². The summed E-state index contributed by atoms with van der Waals surface area (Å²) in [6.45, 7) is 7.31. The van der Waals surface area contributed by atoms with E-state index >= 15 is 0 Å². The number of nitrogens with one attached hydrogen (secondary N) is 1. The van der Waals surface area contributed by atoms with Gasteiger partial charge < -0.3 is 4.57 Å². The molecule has 0 aliphatic carbocycles. The van der Waals surface area contributed by atoms with Gasteiger partial charge in [0.05, 0.1) is 12.2 Å². The number of rotatable bonds is 4. The van der Waals surface area contributed by atoms with E-state index in [4.69, 9.17) is 0 Å². The predicted octanol–water partition coefficient (Wildman–Crippen LogP) is 2.45. The van der Waals surface area contributed by atoms with Crippen LogP contribution in [0.1, 0.15) is 50.1 Å². The second kappa shape index (κ2) is 5.99. The van der Waals surface area contributed by atoms with Crippen LogP contribution in [0.3, 0.4) is 0 Å². The zero-order chi connectivity index (χ0) is 16.7. The number of aryl methyl sites for hydroxylation is 2. The fourth-order valence-corrected chi connectivity index (χ4v) is 4.50. The highest BCUT2D eigenvalue weighted by atomic mass is 32.2. The van der Waals surface area contributed by atoms with Crippen molar-refractivity contribution in [1.82, 2.24) is 19.3 Å². The molecule has 2 aromatic rings. The topological polar surface area (TPSA) is 76.9 Å². The van der Waals surface area contributed by atoms with E-state index in [1.807, 2.05) is 9.95 Å². The van der Waals surface area contributed by atoms with E-state index in [9.17, 15) is 8.42 Å². The molecule has 1 aliphatic heterocycles. The first-order valence-electron chi connectivity index (χ1n) is 7.76. The molecule has 0 saturated heterocycles. The van der Waals surface area contributed by atoms with Crippen LogP contribution in [0.15, 0.2) is 16.6 Å². The quantitative estimate of drug-likeness (QED) is 0.915. The lowest BCUT2D eigenvalue weighted by Crippen LogP contribution is -2.23. The van der Waals surface area contributed by atoms with Gasteiger partial charge in [-0.15, -0.1) is 11.3 Å². The van der Waals surface area contributed by atoms with Gasteiger partial charge in [0, 0.05) is 30.0 Å². The lowest BCUT2D eigenvalue weighted by Gasteiger charge is -2.14. The van der Waals surface area contributed by atoms with Crippen LogP contribution in [0, 0.1) is 0 Å². The Morgan fingerprint density at radius 3 is 2.74 bits per heavy atom. The maximum Gasteiger partial charge on any atom is 0.259 e. The number of nitrogens with zero attached hydrogens (tertiary/aromatic N) is 3. The maximum atomic E-state index is 12.4. The molecule has 0 radical (unpaired) electrons. The summed E-state index contributed by atoms with van der Waals surface area (Å²) >= 11 is 1.48. The van der Waals surface area contributed by atoms with Gasteiger partial charge in [-0.2, -0.15) is 0 Å². The number of sulfonamides is 1. The van der Waals surface area contributed by atoms with E-state index < -0.39 is 10.0 Å². The average Bonchev–Trinajstić information content (AvgIpc) is 3.11. The molecule has 0 aromatic carbocycles. The van der Waals surface area contributed by atoms with Crippen LogP contribution in [0.5, 0.6) is 0 Å². The summed E-state index contributed by atoms with van der Waals surface area (Å²) in [6, 6.07) is 0. The Morgan fingerprint density at radius 1 is 1.30 bits per heavy atom. The highest BCUT2D eigenvalue weighted by Crippen LogP contribution is 2.24. The van der Waals surface area contributed by atoms with Crippen molar-refractivity contribution < 1.29 is 8.42 Å². The largest absolute Gasteiger partial charge is 0.333 e. The minimum Gasteiger partial charge on any atom is -0.333 e. The molecule has 126 valence electrons. The van der Waals surface area contributed by atoms with Crippen molar-refractivity contribution in [1.29, 1.82) is 0 Å². The van der Waals surface area contributed by atoms with Gasteiger partial charge in [-0.1, -0.05) is 20.8 Å². The number of imidazole rings is 1.